The number of hydrogen-bond acceptors (Lipinski definition) is 4. The van der Waals surface area contributed by atoms with E-state index in [0.29, 0.717) is 25.3 Å². The van der Waals surface area contributed by atoms with E-state index in [0.717, 1.165) is 51.3 Å². The Bertz CT molecular complexity index is 799. The molecule has 2 N–H and O–H groups in total. The molecule has 1 unspecified atom stereocenters. The van der Waals surface area contributed by atoms with E-state index in [1.54, 1.807) is 0 Å². The van der Waals surface area contributed by atoms with Crippen LogP contribution in [0.15, 0.2) is 54.6 Å². The third kappa shape index (κ3) is 9.25. The maximum atomic E-state index is 11.6. The topological polar surface area (TPSA) is 67.8 Å². The van der Waals surface area contributed by atoms with E-state index in [2.05, 4.69) is 42.6 Å². The zero-order valence-corrected chi connectivity index (χ0v) is 21.6. The number of unbranched alkanes of at least 4 members (excludes halogenated alkanes) is 2. The van der Waals surface area contributed by atoms with Crippen molar-refractivity contribution >= 4 is 13.0 Å². The smallest absolute Gasteiger partial charge is 0.408 e. The summed E-state index contributed by atoms with van der Waals surface area (Å²) < 4.78 is 12.7. The monoisotopic (exact) mass is 481 g/mol. The Morgan fingerprint density at radius 1 is 1.17 bits per heavy atom. The fourth-order valence-electron chi connectivity index (χ4n) is 5.24. The van der Waals surface area contributed by atoms with Gasteiger partial charge in [0.15, 0.2) is 0 Å². The number of aryl methyl sites for hydroxylation is 1. The van der Waals surface area contributed by atoms with E-state index in [9.17, 15) is 9.90 Å². The minimum atomic E-state index is -0.460. The lowest BCUT2D eigenvalue weighted by atomic mass is 9.80. The molecule has 35 heavy (non-hydrogen) atoms. The molecular weight excluding hydrogens is 437 g/mol. The zero-order chi connectivity index (χ0) is 24.9. The van der Waals surface area contributed by atoms with Gasteiger partial charge in [-0.1, -0.05) is 74.4 Å². The standard InChI is InChI=1S/C29H44BNO4/c1-3-5-21-30-34-27-22-28(35-30)26(20-19-24(32)18-17-23-13-9-8-10-14-23)25(27)15-11-6-7-12-16-29(33)31-4-2/h6,8-11,13-14,19-20,24-28,32H,3-5,7,12,15-18,21-22H2,1-2H3,(H,31,33)/b11-6-,20-19+/t24?,25-,26-,27+,28-/m1/s1. The Kier molecular flexibility index (Phi) is 12.1. The number of hydrogen-bond donors (Lipinski definition) is 2. The number of rotatable bonds is 15. The average molecular weight is 481 g/mol. The van der Waals surface area contributed by atoms with Crippen LogP contribution in [0.1, 0.15) is 70.8 Å². The molecule has 2 bridgehead atoms. The molecule has 5 nitrogen and oxygen atoms in total. The highest BCUT2D eigenvalue weighted by molar-refractivity contribution is 6.44. The summed E-state index contributed by atoms with van der Waals surface area (Å²) in [6.07, 6.45) is 17.5. The Labute approximate surface area is 212 Å². The summed E-state index contributed by atoms with van der Waals surface area (Å²) in [6, 6.07) is 10.3. The summed E-state index contributed by atoms with van der Waals surface area (Å²) in [5.74, 6) is 0.729. The van der Waals surface area contributed by atoms with Crippen molar-refractivity contribution in [3.05, 3.63) is 60.2 Å². The minimum absolute atomic E-state index is 0.108. The van der Waals surface area contributed by atoms with Crippen LogP contribution in [-0.4, -0.2) is 43.0 Å². The molecule has 1 saturated heterocycles. The van der Waals surface area contributed by atoms with E-state index >= 15 is 0 Å². The molecule has 0 radical (unpaired) electrons. The molecule has 192 valence electrons. The van der Waals surface area contributed by atoms with Crippen molar-refractivity contribution in [1.29, 1.82) is 0 Å². The summed E-state index contributed by atoms with van der Waals surface area (Å²) in [6.45, 7) is 4.83. The lowest BCUT2D eigenvalue weighted by Gasteiger charge is -2.27. The van der Waals surface area contributed by atoms with Crippen LogP contribution in [0.2, 0.25) is 6.32 Å². The van der Waals surface area contributed by atoms with Crippen LogP contribution < -0.4 is 5.32 Å². The lowest BCUT2D eigenvalue weighted by Crippen LogP contribution is -2.37. The van der Waals surface area contributed by atoms with Gasteiger partial charge in [-0.3, -0.25) is 4.79 Å². The van der Waals surface area contributed by atoms with Gasteiger partial charge in [0, 0.05) is 25.0 Å². The first kappa shape index (κ1) is 27.7. The summed E-state index contributed by atoms with van der Waals surface area (Å²) in [7, 11) is -0.108. The van der Waals surface area contributed by atoms with Gasteiger partial charge in [0.1, 0.15) is 0 Å². The van der Waals surface area contributed by atoms with Gasteiger partial charge in [0.2, 0.25) is 5.91 Å². The molecule has 1 aliphatic heterocycles. The quantitative estimate of drug-likeness (QED) is 0.197. The van der Waals surface area contributed by atoms with Gasteiger partial charge >= 0.3 is 7.12 Å². The Morgan fingerprint density at radius 2 is 1.97 bits per heavy atom. The van der Waals surface area contributed by atoms with Crippen LogP contribution in [0, 0.1) is 11.8 Å². The van der Waals surface area contributed by atoms with Crippen molar-refractivity contribution in [1.82, 2.24) is 5.32 Å². The summed E-state index contributed by atoms with van der Waals surface area (Å²) >= 11 is 0. The zero-order valence-electron chi connectivity index (χ0n) is 21.6. The number of aliphatic hydroxyl groups excluding tert-OH is 1. The first-order valence-corrected chi connectivity index (χ1v) is 13.7. The van der Waals surface area contributed by atoms with E-state index in [-0.39, 0.29) is 31.2 Å². The number of aliphatic hydroxyl groups is 1. The van der Waals surface area contributed by atoms with Gasteiger partial charge in [-0.2, -0.15) is 0 Å². The molecule has 6 heteroatoms. The summed E-state index contributed by atoms with van der Waals surface area (Å²) in [5.41, 5.74) is 1.25. The maximum absolute atomic E-state index is 11.6. The molecule has 1 amide bonds. The number of fused-ring (bicyclic) bond motifs is 2. The second-order valence-corrected chi connectivity index (χ2v) is 9.93. The highest BCUT2D eigenvalue weighted by Crippen LogP contribution is 2.44. The van der Waals surface area contributed by atoms with Crippen LogP contribution >= 0.6 is 0 Å². The molecule has 0 spiro atoms. The second kappa shape index (κ2) is 15.3. The molecule has 0 aromatic heterocycles. The molecule has 5 atom stereocenters. The van der Waals surface area contributed by atoms with Gasteiger partial charge in [-0.25, -0.2) is 0 Å². The fourth-order valence-corrected chi connectivity index (χ4v) is 5.24. The van der Waals surface area contributed by atoms with Crippen LogP contribution in [-0.2, 0) is 20.5 Å². The third-order valence-corrected chi connectivity index (χ3v) is 7.16. The van der Waals surface area contributed by atoms with Crippen molar-refractivity contribution in [3.8, 4) is 0 Å². The first-order valence-electron chi connectivity index (χ1n) is 13.7. The lowest BCUT2D eigenvalue weighted by molar-refractivity contribution is -0.121. The second-order valence-electron chi connectivity index (χ2n) is 9.93. The van der Waals surface area contributed by atoms with Crippen molar-refractivity contribution in [3.63, 3.8) is 0 Å². The number of amides is 1. The Morgan fingerprint density at radius 3 is 2.74 bits per heavy atom. The highest BCUT2D eigenvalue weighted by atomic mass is 16.6. The molecule has 3 rings (SSSR count). The average Bonchev–Trinajstić information content (AvgIpc) is 3.11. The molecule has 2 fully saturated rings. The summed E-state index contributed by atoms with van der Waals surface area (Å²) in [4.78, 5) is 11.6. The van der Waals surface area contributed by atoms with E-state index in [4.69, 9.17) is 9.31 Å². The van der Waals surface area contributed by atoms with Gasteiger partial charge in [0.05, 0.1) is 12.2 Å². The molecule has 2 aliphatic rings. The SMILES string of the molecule is CCCCB1O[C@H]2C[C@@H](O1)[C@H](/C=C/C(O)CCc1ccccc1)[C@H]2C/C=C\CCCC(=O)NCC. The van der Waals surface area contributed by atoms with Crippen LogP contribution in [0.25, 0.3) is 0 Å². The Hall–Kier alpha value is -1.89. The number of carbonyl (C=O) groups is 1. The third-order valence-electron chi connectivity index (χ3n) is 7.16. The predicted molar refractivity (Wildman–Crippen MR) is 143 cm³/mol. The molecule has 1 aliphatic carbocycles. The van der Waals surface area contributed by atoms with Crippen LogP contribution in [0.5, 0.6) is 0 Å². The van der Waals surface area contributed by atoms with E-state index < -0.39 is 6.10 Å². The highest BCUT2D eigenvalue weighted by Gasteiger charge is 2.49. The predicted octanol–water partition coefficient (Wildman–Crippen LogP) is 5.50. The van der Waals surface area contributed by atoms with Crippen LogP contribution in [0.3, 0.4) is 0 Å². The minimum Gasteiger partial charge on any atom is -0.408 e. The van der Waals surface area contributed by atoms with Crippen molar-refractivity contribution < 1.29 is 19.2 Å². The van der Waals surface area contributed by atoms with Gasteiger partial charge < -0.3 is 19.7 Å². The normalized spacial score (nSPS) is 24.9. The maximum Gasteiger partial charge on any atom is 0.457 e. The first-order chi connectivity index (χ1) is 17.1. The molecule has 1 saturated carbocycles. The fraction of sp³-hybridized carbons (Fsp3) is 0.621. The number of nitrogens with one attached hydrogen (secondary N) is 1. The van der Waals surface area contributed by atoms with Crippen molar-refractivity contribution in [2.45, 2.75) is 96.3 Å². The molecule has 1 aromatic rings. The van der Waals surface area contributed by atoms with Gasteiger partial charge in [-0.05, 0) is 63.3 Å². The van der Waals surface area contributed by atoms with Crippen molar-refractivity contribution in [2.24, 2.45) is 11.8 Å². The summed E-state index contributed by atoms with van der Waals surface area (Å²) in [5, 5.41) is 13.5. The van der Waals surface area contributed by atoms with Crippen LogP contribution in [0.4, 0.5) is 0 Å². The molecule has 1 heterocycles. The Balaban J connectivity index is 1.55. The van der Waals surface area contributed by atoms with Gasteiger partial charge in [-0.15, -0.1) is 0 Å². The van der Waals surface area contributed by atoms with Crippen molar-refractivity contribution in [2.75, 3.05) is 6.54 Å². The van der Waals surface area contributed by atoms with Gasteiger partial charge in [0.25, 0.3) is 0 Å². The largest absolute Gasteiger partial charge is 0.457 e. The van der Waals surface area contributed by atoms with E-state index in [1.807, 2.05) is 31.2 Å². The molecule has 1 aromatic carbocycles. The van der Waals surface area contributed by atoms with E-state index in [1.165, 1.54) is 5.56 Å². The molecular formula is C29H44BNO4. The number of benzene rings is 1. The number of allylic oxidation sites excluding steroid dienone is 2. The number of carbonyl (C=O) groups excluding carboxylic acids is 1.